The van der Waals surface area contributed by atoms with Crippen LogP contribution in [0.25, 0.3) is 0 Å². The van der Waals surface area contributed by atoms with Crippen molar-refractivity contribution in [3.8, 4) is 5.75 Å². The predicted octanol–water partition coefficient (Wildman–Crippen LogP) is 3.34. The second kappa shape index (κ2) is 7.54. The van der Waals surface area contributed by atoms with Crippen LogP contribution < -0.4 is 10.1 Å². The molecule has 1 aromatic carbocycles. The van der Waals surface area contributed by atoms with E-state index < -0.39 is 0 Å². The third-order valence-electron chi connectivity index (χ3n) is 4.83. The summed E-state index contributed by atoms with van der Waals surface area (Å²) in [6.45, 7) is 2.56. The molecule has 0 unspecified atom stereocenters. The van der Waals surface area contributed by atoms with Crippen LogP contribution >= 0.6 is 11.6 Å². The summed E-state index contributed by atoms with van der Waals surface area (Å²) >= 11 is 6.13. The summed E-state index contributed by atoms with van der Waals surface area (Å²) in [7, 11) is 1.95. The van der Waals surface area contributed by atoms with E-state index in [1.54, 1.807) is 12.1 Å². The van der Waals surface area contributed by atoms with Crippen molar-refractivity contribution in [2.45, 2.75) is 38.2 Å². The minimum Gasteiger partial charge on any atom is -0.490 e. The highest BCUT2D eigenvalue weighted by Crippen LogP contribution is 2.30. The zero-order chi connectivity index (χ0) is 16.2. The molecule has 1 aliphatic carbocycles. The first-order valence-corrected chi connectivity index (χ1v) is 8.95. The van der Waals surface area contributed by atoms with Crippen LogP contribution in [-0.4, -0.2) is 43.6 Å². The Morgan fingerprint density at radius 2 is 2.13 bits per heavy atom. The molecule has 1 aromatic rings. The maximum absolute atomic E-state index is 12.9. The van der Waals surface area contributed by atoms with E-state index in [1.807, 2.05) is 18.0 Å². The van der Waals surface area contributed by atoms with Gasteiger partial charge in [0.2, 0.25) is 0 Å². The van der Waals surface area contributed by atoms with Crippen molar-refractivity contribution >= 4 is 17.5 Å². The fraction of sp³-hybridized carbons (Fsp3) is 0.611. The van der Waals surface area contributed by atoms with E-state index in [1.165, 1.54) is 12.8 Å². The Morgan fingerprint density at radius 1 is 1.35 bits per heavy atom. The minimum atomic E-state index is 0.0408. The summed E-state index contributed by atoms with van der Waals surface area (Å²) in [4.78, 5) is 14.8. The number of carbonyl (C=O) groups excluding carboxylic acids is 1. The number of benzene rings is 1. The number of hydrogen-bond acceptors (Lipinski definition) is 3. The van der Waals surface area contributed by atoms with Crippen LogP contribution in [0.2, 0.25) is 5.02 Å². The molecular weight excluding hydrogens is 312 g/mol. The Balaban J connectivity index is 1.75. The van der Waals surface area contributed by atoms with Crippen molar-refractivity contribution in [3.63, 3.8) is 0 Å². The van der Waals surface area contributed by atoms with Crippen molar-refractivity contribution in [3.05, 3.63) is 28.8 Å². The van der Waals surface area contributed by atoms with Crippen LogP contribution in [0.3, 0.4) is 0 Å². The molecule has 1 atom stereocenters. The van der Waals surface area contributed by atoms with Gasteiger partial charge in [-0.2, -0.15) is 0 Å². The van der Waals surface area contributed by atoms with Crippen molar-refractivity contribution in [2.75, 3.05) is 26.7 Å². The molecule has 1 saturated heterocycles. The maximum atomic E-state index is 12.9. The lowest BCUT2D eigenvalue weighted by Crippen LogP contribution is -2.31. The van der Waals surface area contributed by atoms with E-state index in [0.29, 0.717) is 22.3 Å². The summed E-state index contributed by atoms with van der Waals surface area (Å²) in [5, 5.41) is 3.78. The number of nitrogens with zero attached hydrogens (tertiary/aromatic N) is 1. The van der Waals surface area contributed by atoms with Gasteiger partial charge in [0.15, 0.2) is 0 Å². The zero-order valence-corrected chi connectivity index (χ0v) is 14.4. The number of halogens is 1. The molecule has 0 spiro atoms. The van der Waals surface area contributed by atoms with Gasteiger partial charge in [0.25, 0.3) is 5.91 Å². The van der Waals surface area contributed by atoms with Crippen molar-refractivity contribution in [1.82, 2.24) is 10.2 Å². The third kappa shape index (κ3) is 3.99. The Kier molecular flexibility index (Phi) is 5.44. The number of hydrogen-bond donors (Lipinski definition) is 1. The number of amides is 1. The lowest BCUT2D eigenvalue weighted by molar-refractivity contribution is 0.0779. The molecule has 0 radical (unpaired) electrons. The highest BCUT2D eigenvalue weighted by molar-refractivity contribution is 6.31. The average Bonchev–Trinajstić information content (AvgIpc) is 3.20. The van der Waals surface area contributed by atoms with Gasteiger partial charge in [-0.1, -0.05) is 11.6 Å². The quantitative estimate of drug-likeness (QED) is 0.896. The van der Waals surface area contributed by atoms with Crippen LogP contribution in [0.15, 0.2) is 18.2 Å². The van der Waals surface area contributed by atoms with Gasteiger partial charge in [0.1, 0.15) is 5.75 Å². The van der Waals surface area contributed by atoms with E-state index in [4.69, 9.17) is 16.3 Å². The Bertz CT molecular complexity index is 558. The minimum absolute atomic E-state index is 0.0408. The van der Waals surface area contributed by atoms with Crippen LogP contribution in [0.4, 0.5) is 0 Å². The molecule has 1 heterocycles. The van der Waals surface area contributed by atoms with E-state index in [2.05, 4.69) is 5.32 Å². The van der Waals surface area contributed by atoms with E-state index in [-0.39, 0.29) is 12.0 Å². The topological polar surface area (TPSA) is 41.6 Å². The summed E-state index contributed by atoms with van der Waals surface area (Å²) in [5.74, 6) is 1.25. The molecule has 23 heavy (non-hydrogen) atoms. The number of likely N-dealkylation sites (tertiary alicyclic amines) is 1. The molecule has 126 valence electrons. The first-order chi connectivity index (χ1) is 11.2. The average molecular weight is 337 g/mol. The van der Waals surface area contributed by atoms with Crippen LogP contribution in [-0.2, 0) is 0 Å². The molecule has 2 aliphatic rings. The second-order valence-corrected chi connectivity index (χ2v) is 7.06. The number of ether oxygens (including phenoxy) is 1. The molecule has 3 rings (SSSR count). The van der Waals surface area contributed by atoms with Gasteiger partial charge in [-0.05, 0) is 69.8 Å². The van der Waals surface area contributed by atoms with Crippen molar-refractivity contribution in [1.29, 1.82) is 0 Å². The molecular formula is C18H25ClN2O2. The van der Waals surface area contributed by atoms with Crippen molar-refractivity contribution in [2.24, 2.45) is 5.92 Å². The van der Waals surface area contributed by atoms with Crippen LogP contribution in [0.5, 0.6) is 5.75 Å². The first kappa shape index (κ1) is 16.6. The lowest BCUT2D eigenvalue weighted by atomic mass is 10.1. The predicted molar refractivity (Wildman–Crippen MR) is 92.3 cm³/mol. The Morgan fingerprint density at radius 3 is 2.87 bits per heavy atom. The Labute approximate surface area is 143 Å². The standard InChI is InChI=1S/C18H25ClN2O2/c1-20-11-13-8-9-21(12-13)18(22)16-10-14(19)6-7-17(16)23-15-4-2-3-5-15/h6-7,10,13,15,20H,2-5,8-9,11-12H2,1H3/t13-/m0/s1. The molecule has 4 nitrogen and oxygen atoms in total. The van der Waals surface area contributed by atoms with Crippen molar-refractivity contribution < 1.29 is 9.53 Å². The van der Waals surface area contributed by atoms with Gasteiger partial charge in [-0.3, -0.25) is 4.79 Å². The fourth-order valence-corrected chi connectivity index (χ4v) is 3.77. The van der Waals surface area contributed by atoms with Gasteiger partial charge >= 0.3 is 0 Å². The summed E-state index contributed by atoms with van der Waals surface area (Å²) in [6.07, 6.45) is 5.84. The van der Waals surface area contributed by atoms with E-state index in [0.717, 1.165) is 38.9 Å². The van der Waals surface area contributed by atoms with Crippen LogP contribution in [0.1, 0.15) is 42.5 Å². The highest BCUT2D eigenvalue weighted by Gasteiger charge is 2.29. The zero-order valence-electron chi connectivity index (χ0n) is 13.7. The van der Waals surface area contributed by atoms with Crippen LogP contribution in [0, 0.1) is 5.92 Å². The van der Waals surface area contributed by atoms with Gasteiger partial charge in [0, 0.05) is 18.1 Å². The highest BCUT2D eigenvalue weighted by atomic mass is 35.5. The largest absolute Gasteiger partial charge is 0.490 e. The van der Waals surface area contributed by atoms with Gasteiger partial charge in [0.05, 0.1) is 11.7 Å². The molecule has 1 aliphatic heterocycles. The smallest absolute Gasteiger partial charge is 0.257 e. The first-order valence-electron chi connectivity index (χ1n) is 8.57. The fourth-order valence-electron chi connectivity index (χ4n) is 3.60. The second-order valence-electron chi connectivity index (χ2n) is 6.63. The summed E-state index contributed by atoms with van der Waals surface area (Å²) < 4.78 is 6.10. The number of carbonyl (C=O) groups is 1. The van der Waals surface area contributed by atoms with Gasteiger partial charge in [-0.15, -0.1) is 0 Å². The summed E-state index contributed by atoms with van der Waals surface area (Å²) in [5.41, 5.74) is 0.606. The van der Waals surface area contributed by atoms with E-state index in [9.17, 15) is 4.79 Å². The van der Waals surface area contributed by atoms with Gasteiger partial charge in [-0.25, -0.2) is 0 Å². The third-order valence-corrected chi connectivity index (χ3v) is 5.07. The molecule has 0 bridgehead atoms. The molecule has 0 aromatic heterocycles. The Hall–Kier alpha value is -1.26. The molecule has 2 fully saturated rings. The van der Waals surface area contributed by atoms with Gasteiger partial charge < -0.3 is 15.0 Å². The number of nitrogens with one attached hydrogen (secondary N) is 1. The molecule has 5 heteroatoms. The van der Waals surface area contributed by atoms with E-state index >= 15 is 0 Å². The SMILES string of the molecule is CNC[C@@H]1CCN(C(=O)c2cc(Cl)ccc2OC2CCCC2)C1. The molecule has 1 N–H and O–H groups in total. The lowest BCUT2D eigenvalue weighted by Gasteiger charge is -2.21. The monoisotopic (exact) mass is 336 g/mol. The maximum Gasteiger partial charge on any atom is 0.257 e. The molecule has 1 amide bonds. The summed E-state index contributed by atoms with van der Waals surface area (Å²) in [6, 6.07) is 5.39. The molecule has 1 saturated carbocycles. The number of rotatable bonds is 5. The normalized spacial score (nSPS) is 21.8.